The Bertz CT molecular complexity index is 381. The molecule has 0 saturated heterocycles. The van der Waals surface area contributed by atoms with E-state index in [1.165, 1.54) is 11.3 Å². The van der Waals surface area contributed by atoms with Gasteiger partial charge in [-0.25, -0.2) is 5.90 Å². The third-order valence-corrected chi connectivity index (χ3v) is 3.42. The summed E-state index contributed by atoms with van der Waals surface area (Å²) in [5.41, 5.74) is 2.38. The summed E-state index contributed by atoms with van der Waals surface area (Å²) < 4.78 is 0. The van der Waals surface area contributed by atoms with E-state index in [0.717, 1.165) is 11.6 Å². The Morgan fingerprint density at radius 2 is 2.31 bits per heavy atom. The fourth-order valence-corrected chi connectivity index (χ4v) is 2.67. The molecule has 0 radical (unpaired) electrons. The summed E-state index contributed by atoms with van der Waals surface area (Å²) in [6, 6.07) is 6.48. The minimum atomic E-state index is 0.274. The van der Waals surface area contributed by atoms with Crippen LogP contribution in [-0.2, 0) is 4.84 Å². The highest BCUT2D eigenvalue weighted by Gasteiger charge is 2.31. The first-order valence-corrected chi connectivity index (χ1v) is 5.89. The number of nitrogens with two attached hydrogens (primary N) is 1. The van der Waals surface area contributed by atoms with E-state index in [-0.39, 0.29) is 5.92 Å². The molecule has 0 spiro atoms. The monoisotopic (exact) mass is 240 g/mol. The van der Waals surface area contributed by atoms with Gasteiger partial charge in [0.2, 0.25) is 0 Å². The zero-order chi connectivity index (χ0) is 11.7. The molecule has 1 aliphatic rings. The molecule has 1 aromatic carbocycles. The second-order valence-electron chi connectivity index (χ2n) is 4.45. The van der Waals surface area contributed by atoms with Crippen molar-refractivity contribution >= 4 is 17.3 Å². The Balaban J connectivity index is 2.40. The Morgan fingerprint density at radius 1 is 1.56 bits per heavy atom. The van der Waals surface area contributed by atoms with E-state index < -0.39 is 0 Å². The highest BCUT2D eigenvalue weighted by molar-refractivity contribution is 6.32. The van der Waals surface area contributed by atoms with Crippen molar-refractivity contribution in [2.24, 2.45) is 5.90 Å². The van der Waals surface area contributed by atoms with Crippen LogP contribution in [0.1, 0.15) is 25.3 Å². The van der Waals surface area contributed by atoms with Crippen LogP contribution in [0.25, 0.3) is 0 Å². The third kappa shape index (κ3) is 1.90. The molecule has 4 heteroatoms. The van der Waals surface area contributed by atoms with Crippen LogP contribution in [0.15, 0.2) is 18.2 Å². The second kappa shape index (κ2) is 4.62. The molecule has 1 unspecified atom stereocenters. The number of halogens is 1. The summed E-state index contributed by atoms with van der Waals surface area (Å²) in [5, 5.41) is 0.808. The lowest BCUT2D eigenvalue weighted by Crippen LogP contribution is -2.30. The second-order valence-corrected chi connectivity index (χ2v) is 4.86. The van der Waals surface area contributed by atoms with Crippen molar-refractivity contribution in [2.75, 3.05) is 18.1 Å². The van der Waals surface area contributed by atoms with Crippen molar-refractivity contribution in [3.8, 4) is 0 Å². The molecule has 0 bridgehead atoms. The van der Waals surface area contributed by atoms with Crippen molar-refractivity contribution in [2.45, 2.75) is 25.8 Å². The molecule has 0 aromatic heterocycles. The summed E-state index contributed by atoms with van der Waals surface area (Å²) in [4.78, 5) is 7.12. The third-order valence-electron chi connectivity index (χ3n) is 3.09. The smallest absolute Gasteiger partial charge is 0.0766 e. The summed E-state index contributed by atoms with van der Waals surface area (Å²) in [6.45, 7) is 5.79. The average Bonchev–Trinajstić information content (AvgIpc) is 2.59. The molecule has 0 aliphatic carbocycles. The first-order valence-electron chi connectivity index (χ1n) is 5.52. The predicted molar refractivity (Wildman–Crippen MR) is 66.8 cm³/mol. The van der Waals surface area contributed by atoms with Crippen molar-refractivity contribution < 1.29 is 4.84 Å². The zero-order valence-electron chi connectivity index (χ0n) is 9.61. The van der Waals surface area contributed by atoms with Crippen LogP contribution in [0.2, 0.25) is 5.02 Å². The van der Waals surface area contributed by atoms with Crippen LogP contribution in [-0.4, -0.2) is 19.2 Å². The maximum Gasteiger partial charge on any atom is 0.0766 e. The van der Waals surface area contributed by atoms with Gasteiger partial charge in [-0.15, -0.1) is 0 Å². The number of anilines is 1. The molecule has 88 valence electrons. The largest absolute Gasteiger partial charge is 0.368 e. The molecule has 2 N–H and O–H groups in total. The summed E-state index contributed by atoms with van der Waals surface area (Å²) in [7, 11) is 0. The Morgan fingerprint density at radius 3 is 2.94 bits per heavy atom. The number of rotatable bonds is 3. The van der Waals surface area contributed by atoms with Crippen LogP contribution in [0.3, 0.4) is 0 Å². The molecule has 2 rings (SSSR count). The maximum atomic E-state index is 6.25. The Kier molecular flexibility index (Phi) is 3.38. The van der Waals surface area contributed by atoms with Crippen LogP contribution in [0.5, 0.6) is 0 Å². The number of nitrogens with zero attached hydrogens (tertiary/aromatic N) is 1. The molecule has 0 saturated carbocycles. The van der Waals surface area contributed by atoms with E-state index >= 15 is 0 Å². The highest BCUT2D eigenvalue weighted by atomic mass is 35.5. The van der Waals surface area contributed by atoms with Gasteiger partial charge in [0.05, 0.1) is 6.61 Å². The minimum absolute atomic E-state index is 0.274. The lowest BCUT2D eigenvalue weighted by molar-refractivity contribution is 0.125. The molecule has 1 heterocycles. The number of hydrogen-bond acceptors (Lipinski definition) is 3. The lowest BCUT2D eigenvalue weighted by atomic mass is 10.0. The van der Waals surface area contributed by atoms with E-state index in [0.29, 0.717) is 12.6 Å². The van der Waals surface area contributed by atoms with E-state index in [9.17, 15) is 0 Å². The Hall–Kier alpha value is -0.770. The summed E-state index contributed by atoms with van der Waals surface area (Å²) in [6.07, 6.45) is 0. The van der Waals surface area contributed by atoms with Crippen LogP contribution >= 0.6 is 11.6 Å². The van der Waals surface area contributed by atoms with Gasteiger partial charge in [0, 0.05) is 34.8 Å². The first kappa shape index (κ1) is 11.7. The van der Waals surface area contributed by atoms with Gasteiger partial charge in [0.25, 0.3) is 0 Å². The van der Waals surface area contributed by atoms with Gasteiger partial charge in [-0.2, -0.15) is 0 Å². The van der Waals surface area contributed by atoms with Gasteiger partial charge >= 0.3 is 0 Å². The molecular weight excluding hydrogens is 224 g/mol. The highest BCUT2D eigenvalue weighted by Crippen LogP contribution is 2.41. The van der Waals surface area contributed by atoms with E-state index in [2.05, 4.69) is 24.8 Å². The minimum Gasteiger partial charge on any atom is -0.368 e. The fraction of sp³-hybridized carbons (Fsp3) is 0.500. The summed E-state index contributed by atoms with van der Waals surface area (Å²) in [5.74, 6) is 5.45. The van der Waals surface area contributed by atoms with Gasteiger partial charge in [0.15, 0.2) is 0 Å². The topological polar surface area (TPSA) is 38.5 Å². The van der Waals surface area contributed by atoms with Crippen molar-refractivity contribution in [3.05, 3.63) is 28.8 Å². The summed E-state index contributed by atoms with van der Waals surface area (Å²) >= 11 is 6.25. The quantitative estimate of drug-likeness (QED) is 0.826. The Labute approximate surface area is 101 Å². The van der Waals surface area contributed by atoms with Crippen LogP contribution in [0.4, 0.5) is 5.69 Å². The number of fused-ring (bicyclic) bond motifs is 1. The van der Waals surface area contributed by atoms with E-state index in [1.54, 1.807) is 0 Å². The van der Waals surface area contributed by atoms with Gasteiger partial charge in [0.1, 0.15) is 0 Å². The SMILES string of the molecule is CC(C)N1CC(CON)c2c(Cl)cccc21. The molecule has 3 nitrogen and oxygen atoms in total. The van der Waals surface area contributed by atoms with Crippen molar-refractivity contribution in [1.82, 2.24) is 0 Å². The zero-order valence-corrected chi connectivity index (χ0v) is 10.4. The lowest BCUT2D eigenvalue weighted by Gasteiger charge is -2.24. The van der Waals surface area contributed by atoms with Crippen LogP contribution < -0.4 is 10.8 Å². The standard InChI is InChI=1S/C12H17ClN2O/c1-8(2)15-6-9(7-16-14)12-10(13)4-3-5-11(12)15/h3-5,8-9H,6-7,14H2,1-2H3. The average molecular weight is 241 g/mol. The number of hydrogen-bond donors (Lipinski definition) is 1. The van der Waals surface area contributed by atoms with Gasteiger partial charge in [-0.3, -0.25) is 0 Å². The van der Waals surface area contributed by atoms with Crippen molar-refractivity contribution in [1.29, 1.82) is 0 Å². The predicted octanol–water partition coefficient (Wildman–Crippen LogP) is 2.54. The van der Waals surface area contributed by atoms with E-state index in [4.69, 9.17) is 22.3 Å². The van der Waals surface area contributed by atoms with Gasteiger partial charge in [-0.1, -0.05) is 17.7 Å². The fourth-order valence-electron chi connectivity index (χ4n) is 2.35. The molecule has 16 heavy (non-hydrogen) atoms. The van der Waals surface area contributed by atoms with Gasteiger partial charge < -0.3 is 9.74 Å². The maximum absolute atomic E-state index is 6.25. The van der Waals surface area contributed by atoms with Crippen LogP contribution in [0, 0.1) is 0 Å². The van der Waals surface area contributed by atoms with Crippen molar-refractivity contribution in [3.63, 3.8) is 0 Å². The van der Waals surface area contributed by atoms with E-state index in [1.807, 2.05) is 12.1 Å². The first-order chi connectivity index (χ1) is 7.65. The van der Waals surface area contributed by atoms with Gasteiger partial charge in [-0.05, 0) is 26.0 Å². The number of benzene rings is 1. The molecule has 1 atom stereocenters. The molecule has 0 fully saturated rings. The molecule has 0 amide bonds. The normalized spacial score (nSPS) is 19.3. The molecule has 1 aromatic rings. The molecular formula is C12H17ClN2O. The molecule has 1 aliphatic heterocycles.